The summed E-state index contributed by atoms with van der Waals surface area (Å²) < 4.78 is 19.2. The lowest BCUT2D eigenvalue weighted by Gasteiger charge is -2.30. The predicted octanol–water partition coefficient (Wildman–Crippen LogP) is 6.33. The molecule has 156 valence electrons. The molecular formula is C23H28FNO4. The third-order valence-corrected chi connectivity index (χ3v) is 5.84. The van der Waals surface area contributed by atoms with E-state index in [1.165, 1.54) is 6.07 Å². The van der Waals surface area contributed by atoms with Gasteiger partial charge in [0.1, 0.15) is 5.75 Å². The molecule has 0 aliphatic carbocycles. The van der Waals surface area contributed by atoms with Crippen molar-refractivity contribution in [2.75, 3.05) is 0 Å². The average molecular weight is 401 g/mol. The molecule has 29 heavy (non-hydrogen) atoms. The maximum absolute atomic E-state index is 13.6. The van der Waals surface area contributed by atoms with Crippen molar-refractivity contribution in [3.8, 4) is 5.75 Å². The quantitative estimate of drug-likeness (QED) is 0.235. The number of carbonyl (C=O) groups excluding carboxylic acids is 1. The third kappa shape index (κ3) is 4.81. The Hall–Kier alpha value is -2.76. The summed E-state index contributed by atoms with van der Waals surface area (Å²) in [5.41, 5.74) is 0.936. The van der Waals surface area contributed by atoms with Crippen LogP contribution in [0.2, 0.25) is 0 Å². The van der Waals surface area contributed by atoms with Crippen molar-refractivity contribution in [1.82, 2.24) is 0 Å². The largest absolute Gasteiger partial charge is 0.423 e. The third-order valence-electron chi connectivity index (χ3n) is 5.84. The summed E-state index contributed by atoms with van der Waals surface area (Å²) >= 11 is 0. The van der Waals surface area contributed by atoms with E-state index in [2.05, 4.69) is 47.6 Å². The Labute approximate surface area is 171 Å². The van der Waals surface area contributed by atoms with E-state index < -0.39 is 22.4 Å². The molecule has 0 fully saturated rings. The number of esters is 1. The molecule has 0 atom stereocenters. The van der Waals surface area contributed by atoms with Gasteiger partial charge in [-0.2, -0.15) is 4.39 Å². The van der Waals surface area contributed by atoms with Crippen molar-refractivity contribution in [1.29, 1.82) is 0 Å². The zero-order valence-corrected chi connectivity index (χ0v) is 17.8. The minimum atomic E-state index is -0.995. The highest BCUT2D eigenvalue weighted by Gasteiger charge is 2.28. The van der Waals surface area contributed by atoms with Gasteiger partial charge in [0.2, 0.25) is 5.82 Å². The molecule has 0 aliphatic rings. The number of carbonyl (C=O) groups is 1. The number of nitro groups is 1. The molecular weight excluding hydrogens is 373 g/mol. The zero-order valence-electron chi connectivity index (χ0n) is 17.8. The van der Waals surface area contributed by atoms with E-state index in [0.717, 1.165) is 36.1 Å². The summed E-state index contributed by atoms with van der Waals surface area (Å²) in [6.07, 6.45) is 1.78. The summed E-state index contributed by atoms with van der Waals surface area (Å²) in [6.45, 7) is 12.7. The molecule has 0 saturated heterocycles. The lowest BCUT2D eigenvalue weighted by atomic mass is 9.76. The van der Waals surface area contributed by atoms with Gasteiger partial charge in [0.15, 0.2) is 0 Å². The summed E-state index contributed by atoms with van der Waals surface area (Å²) in [7, 11) is 0. The first-order valence-electron chi connectivity index (χ1n) is 9.74. The highest BCUT2D eigenvalue weighted by Crippen LogP contribution is 2.38. The molecule has 0 aliphatic heterocycles. The van der Waals surface area contributed by atoms with Gasteiger partial charge in [-0.15, -0.1) is 0 Å². The number of nitro benzene ring substituents is 1. The number of hydrogen-bond acceptors (Lipinski definition) is 4. The van der Waals surface area contributed by atoms with Crippen LogP contribution in [0.1, 0.15) is 75.9 Å². The Kier molecular flexibility index (Phi) is 6.46. The molecule has 0 heterocycles. The first-order valence-corrected chi connectivity index (χ1v) is 9.74. The second kappa shape index (κ2) is 8.31. The van der Waals surface area contributed by atoms with Crippen LogP contribution >= 0.6 is 0 Å². The van der Waals surface area contributed by atoms with Crippen LogP contribution in [-0.4, -0.2) is 10.9 Å². The Bertz CT molecular complexity index is 934. The molecule has 6 heteroatoms. The van der Waals surface area contributed by atoms with Crippen molar-refractivity contribution >= 4 is 11.7 Å². The maximum Gasteiger partial charge on any atom is 0.343 e. The molecule has 2 aromatic carbocycles. The van der Waals surface area contributed by atoms with Crippen LogP contribution in [0.3, 0.4) is 0 Å². The van der Waals surface area contributed by atoms with Gasteiger partial charge in [0.25, 0.3) is 0 Å². The van der Waals surface area contributed by atoms with Crippen molar-refractivity contribution in [2.24, 2.45) is 0 Å². The SMILES string of the molecule is CCC(C)(C)c1ccc(OC(=O)c2ccc(F)c([N+](=O)[O-])c2)c(C(C)(C)CC)c1. The number of nitrogens with zero attached hydrogens (tertiary/aromatic N) is 1. The fraction of sp³-hybridized carbons (Fsp3) is 0.435. The Morgan fingerprint density at radius 1 is 1.03 bits per heavy atom. The molecule has 2 aromatic rings. The van der Waals surface area contributed by atoms with E-state index in [1.54, 1.807) is 6.07 Å². The lowest BCUT2D eigenvalue weighted by molar-refractivity contribution is -0.387. The van der Waals surface area contributed by atoms with Gasteiger partial charge in [0, 0.05) is 11.6 Å². The monoisotopic (exact) mass is 401 g/mol. The van der Waals surface area contributed by atoms with Gasteiger partial charge in [-0.25, -0.2) is 4.79 Å². The zero-order chi connectivity index (χ0) is 22.0. The molecule has 0 bridgehead atoms. The van der Waals surface area contributed by atoms with Crippen molar-refractivity contribution in [2.45, 2.75) is 65.2 Å². The summed E-state index contributed by atoms with van der Waals surface area (Å²) in [5, 5.41) is 11.0. The summed E-state index contributed by atoms with van der Waals surface area (Å²) in [4.78, 5) is 22.7. The van der Waals surface area contributed by atoms with E-state index in [-0.39, 0.29) is 16.4 Å². The van der Waals surface area contributed by atoms with E-state index in [4.69, 9.17) is 4.74 Å². The van der Waals surface area contributed by atoms with Gasteiger partial charge in [-0.3, -0.25) is 10.1 Å². The van der Waals surface area contributed by atoms with Crippen LogP contribution < -0.4 is 4.74 Å². The van der Waals surface area contributed by atoms with Crippen molar-refractivity contribution < 1.29 is 18.8 Å². The number of halogens is 1. The second-order valence-corrected chi connectivity index (χ2v) is 8.50. The van der Waals surface area contributed by atoms with Crippen LogP contribution in [0.5, 0.6) is 5.75 Å². The molecule has 2 rings (SSSR count). The first-order chi connectivity index (χ1) is 13.4. The Morgan fingerprint density at radius 3 is 2.21 bits per heavy atom. The molecule has 0 aromatic heterocycles. The van der Waals surface area contributed by atoms with Crippen LogP contribution in [0, 0.1) is 15.9 Å². The first kappa shape index (κ1) is 22.5. The Balaban J connectivity index is 2.48. The normalized spacial score (nSPS) is 12.0. The topological polar surface area (TPSA) is 69.4 Å². The molecule has 0 spiro atoms. The van der Waals surface area contributed by atoms with Gasteiger partial charge in [-0.1, -0.05) is 53.7 Å². The number of rotatable bonds is 7. The van der Waals surface area contributed by atoms with Crippen LogP contribution in [0.15, 0.2) is 36.4 Å². The molecule has 5 nitrogen and oxygen atoms in total. The number of benzene rings is 2. The minimum absolute atomic E-state index is 0.0291. The highest BCUT2D eigenvalue weighted by atomic mass is 19.1. The number of ether oxygens (including phenoxy) is 1. The van der Waals surface area contributed by atoms with Crippen molar-refractivity contribution in [3.63, 3.8) is 0 Å². The number of hydrogen-bond donors (Lipinski definition) is 0. The molecule has 0 radical (unpaired) electrons. The molecule has 0 saturated carbocycles. The van der Waals surface area contributed by atoms with E-state index in [1.807, 2.05) is 6.07 Å². The fourth-order valence-electron chi connectivity index (χ4n) is 2.90. The summed E-state index contributed by atoms with van der Waals surface area (Å²) in [6, 6.07) is 8.77. The van der Waals surface area contributed by atoms with Gasteiger partial charge in [-0.05, 0) is 47.4 Å². The van der Waals surface area contributed by atoms with E-state index >= 15 is 0 Å². The molecule has 0 unspecified atom stereocenters. The smallest absolute Gasteiger partial charge is 0.343 e. The highest BCUT2D eigenvalue weighted by molar-refractivity contribution is 5.92. The van der Waals surface area contributed by atoms with Crippen LogP contribution in [0.25, 0.3) is 0 Å². The Morgan fingerprint density at radius 2 is 1.66 bits per heavy atom. The van der Waals surface area contributed by atoms with Crippen LogP contribution in [-0.2, 0) is 10.8 Å². The van der Waals surface area contributed by atoms with E-state index in [9.17, 15) is 19.3 Å². The second-order valence-electron chi connectivity index (χ2n) is 8.50. The van der Waals surface area contributed by atoms with Gasteiger partial charge < -0.3 is 4.74 Å². The molecule has 0 N–H and O–H groups in total. The van der Waals surface area contributed by atoms with Gasteiger partial charge in [0.05, 0.1) is 10.5 Å². The predicted molar refractivity (Wildman–Crippen MR) is 111 cm³/mol. The standard InChI is InChI=1S/C23H28FNO4/c1-7-22(3,4)16-10-12-20(17(14-16)23(5,6)8-2)29-21(26)15-9-11-18(24)19(13-15)25(27)28/h9-14H,7-8H2,1-6H3. The maximum atomic E-state index is 13.6. The van der Waals surface area contributed by atoms with E-state index in [0.29, 0.717) is 5.75 Å². The average Bonchev–Trinajstić information content (AvgIpc) is 2.68. The van der Waals surface area contributed by atoms with Crippen molar-refractivity contribution in [3.05, 3.63) is 69.0 Å². The lowest BCUT2D eigenvalue weighted by Crippen LogP contribution is -2.22. The van der Waals surface area contributed by atoms with Gasteiger partial charge >= 0.3 is 11.7 Å². The minimum Gasteiger partial charge on any atom is -0.423 e. The van der Waals surface area contributed by atoms with Crippen LogP contribution in [0.4, 0.5) is 10.1 Å². The molecule has 0 amide bonds. The summed E-state index contributed by atoms with van der Waals surface area (Å²) in [5.74, 6) is -1.35. The fourth-order valence-corrected chi connectivity index (χ4v) is 2.90.